The fraction of sp³-hybridized carbons (Fsp3) is 0.500. The second-order valence-electron chi connectivity index (χ2n) is 5.27. The molecule has 1 atom stereocenters. The monoisotopic (exact) mass is 310 g/mol. The van der Waals surface area contributed by atoms with Crippen LogP contribution in [0.3, 0.4) is 0 Å². The molecule has 1 unspecified atom stereocenters. The maximum Gasteiger partial charge on any atom is 0.314 e. The van der Waals surface area contributed by atoms with E-state index in [-0.39, 0.29) is 11.8 Å². The summed E-state index contributed by atoms with van der Waals surface area (Å²) >= 11 is 6.01. The molecule has 21 heavy (non-hydrogen) atoms. The van der Waals surface area contributed by atoms with E-state index in [1.54, 1.807) is 24.2 Å². The number of rotatable bonds is 3. The third-order valence-corrected chi connectivity index (χ3v) is 4.04. The third kappa shape index (κ3) is 3.85. The lowest BCUT2D eigenvalue weighted by Gasteiger charge is -2.33. The third-order valence-electron chi connectivity index (χ3n) is 3.70. The Morgan fingerprint density at radius 1 is 1.57 bits per heavy atom. The summed E-state index contributed by atoms with van der Waals surface area (Å²) in [5, 5.41) is 0.402. The van der Waals surface area contributed by atoms with Crippen molar-refractivity contribution in [1.29, 1.82) is 0 Å². The summed E-state index contributed by atoms with van der Waals surface area (Å²) in [5.41, 5.74) is 6.09. The Bertz CT molecular complexity index is 537. The molecule has 114 valence electrons. The van der Waals surface area contributed by atoms with Crippen LogP contribution in [0.2, 0.25) is 5.15 Å². The first-order valence-electron chi connectivity index (χ1n) is 6.87. The number of hydrogen-bond acceptors (Lipinski definition) is 3. The fourth-order valence-corrected chi connectivity index (χ4v) is 2.74. The predicted octanol–water partition coefficient (Wildman–Crippen LogP) is 1.48. The highest BCUT2D eigenvalue weighted by atomic mass is 35.5. The van der Waals surface area contributed by atoms with E-state index < -0.39 is 6.03 Å². The van der Waals surface area contributed by atoms with Crippen molar-refractivity contribution < 1.29 is 9.59 Å². The number of pyridine rings is 1. The summed E-state index contributed by atoms with van der Waals surface area (Å²) in [7, 11) is 1.73. The van der Waals surface area contributed by atoms with Gasteiger partial charge in [0.2, 0.25) is 5.91 Å². The van der Waals surface area contributed by atoms with E-state index in [4.69, 9.17) is 17.3 Å². The Balaban J connectivity index is 1.99. The Morgan fingerprint density at radius 3 is 3.00 bits per heavy atom. The number of urea groups is 1. The molecule has 0 saturated carbocycles. The zero-order valence-electron chi connectivity index (χ0n) is 12.0. The van der Waals surface area contributed by atoms with Crippen LogP contribution >= 0.6 is 11.6 Å². The highest BCUT2D eigenvalue weighted by Crippen LogP contribution is 2.20. The van der Waals surface area contributed by atoms with Gasteiger partial charge in [0.25, 0.3) is 0 Å². The number of likely N-dealkylation sites (tertiary alicyclic amines) is 1. The number of nitrogens with two attached hydrogens (primary N) is 1. The van der Waals surface area contributed by atoms with E-state index in [1.165, 1.54) is 4.90 Å². The SMILES string of the molecule is CN(Cc1cccnc1Cl)C(=O)C1CCCN(C(N)=O)C1. The number of piperidine rings is 1. The molecule has 1 aromatic rings. The van der Waals surface area contributed by atoms with E-state index in [1.807, 2.05) is 6.07 Å². The van der Waals surface area contributed by atoms with Crippen molar-refractivity contribution in [2.45, 2.75) is 19.4 Å². The summed E-state index contributed by atoms with van der Waals surface area (Å²) in [5.74, 6) is -0.201. The molecular weight excluding hydrogens is 292 g/mol. The van der Waals surface area contributed by atoms with Gasteiger partial charge in [-0.05, 0) is 18.9 Å². The molecule has 1 aliphatic heterocycles. The minimum atomic E-state index is -0.467. The van der Waals surface area contributed by atoms with E-state index >= 15 is 0 Å². The van der Waals surface area contributed by atoms with Gasteiger partial charge in [-0.3, -0.25) is 4.79 Å². The van der Waals surface area contributed by atoms with Crippen molar-refractivity contribution in [2.75, 3.05) is 20.1 Å². The summed E-state index contributed by atoms with van der Waals surface area (Å²) < 4.78 is 0. The van der Waals surface area contributed by atoms with Crippen molar-refractivity contribution in [3.05, 3.63) is 29.0 Å². The van der Waals surface area contributed by atoms with Gasteiger partial charge in [-0.1, -0.05) is 17.7 Å². The first-order chi connectivity index (χ1) is 9.99. The normalized spacial score (nSPS) is 18.4. The van der Waals surface area contributed by atoms with Crippen LogP contribution in [0.1, 0.15) is 18.4 Å². The van der Waals surface area contributed by atoms with Gasteiger partial charge in [-0.25, -0.2) is 9.78 Å². The van der Waals surface area contributed by atoms with Crippen LogP contribution in [0, 0.1) is 5.92 Å². The Labute approximate surface area is 128 Å². The number of primary amides is 1. The topological polar surface area (TPSA) is 79.5 Å². The smallest absolute Gasteiger partial charge is 0.314 e. The average molecular weight is 311 g/mol. The number of hydrogen-bond donors (Lipinski definition) is 1. The molecule has 1 fully saturated rings. The van der Waals surface area contributed by atoms with Gasteiger partial charge in [-0.15, -0.1) is 0 Å². The minimum Gasteiger partial charge on any atom is -0.351 e. The molecule has 6 nitrogen and oxygen atoms in total. The van der Waals surface area contributed by atoms with Gasteiger partial charge in [0.15, 0.2) is 0 Å². The van der Waals surface area contributed by atoms with E-state index in [2.05, 4.69) is 4.98 Å². The lowest BCUT2D eigenvalue weighted by Crippen LogP contribution is -2.47. The number of amides is 3. The van der Waals surface area contributed by atoms with Crippen LogP contribution in [-0.2, 0) is 11.3 Å². The molecular formula is C14H19ClN4O2. The van der Waals surface area contributed by atoms with Crippen molar-refractivity contribution in [3.63, 3.8) is 0 Å². The molecule has 2 heterocycles. The largest absolute Gasteiger partial charge is 0.351 e. The molecule has 7 heteroatoms. The summed E-state index contributed by atoms with van der Waals surface area (Å²) in [4.78, 5) is 30.8. The van der Waals surface area contributed by atoms with Crippen LogP contribution in [0.15, 0.2) is 18.3 Å². The second kappa shape index (κ2) is 6.76. The lowest BCUT2D eigenvalue weighted by atomic mass is 9.96. The second-order valence-corrected chi connectivity index (χ2v) is 5.63. The van der Waals surface area contributed by atoms with E-state index in [9.17, 15) is 9.59 Å². The molecule has 2 N–H and O–H groups in total. The molecule has 2 rings (SSSR count). The van der Waals surface area contributed by atoms with E-state index in [0.717, 1.165) is 18.4 Å². The van der Waals surface area contributed by atoms with Crippen LogP contribution < -0.4 is 5.73 Å². The highest BCUT2D eigenvalue weighted by molar-refractivity contribution is 6.30. The fourth-order valence-electron chi connectivity index (χ4n) is 2.56. The van der Waals surface area contributed by atoms with Gasteiger partial charge < -0.3 is 15.5 Å². The van der Waals surface area contributed by atoms with Gasteiger partial charge in [-0.2, -0.15) is 0 Å². The number of halogens is 1. The van der Waals surface area contributed by atoms with Gasteiger partial charge in [0, 0.05) is 38.4 Å². The Kier molecular flexibility index (Phi) is 5.01. The molecule has 1 saturated heterocycles. The van der Waals surface area contributed by atoms with Crippen molar-refractivity contribution >= 4 is 23.5 Å². The maximum absolute atomic E-state index is 12.5. The minimum absolute atomic E-state index is 0.000805. The molecule has 0 radical (unpaired) electrons. The number of carbonyl (C=O) groups is 2. The quantitative estimate of drug-likeness (QED) is 0.859. The van der Waals surface area contributed by atoms with Crippen LogP contribution in [-0.4, -0.2) is 46.9 Å². The zero-order valence-corrected chi connectivity index (χ0v) is 12.7. The molecule has 0 aliphatic carbocycles. The molecule has 0 spiro atoms. The van der Waals surface area contributed by atoms with Gasteiger partial charge >= 0.3 is 6.03 Å². The molecule has 1 aromatic heterocycles. The lowest BCUT2D eigenvalue weighted by molar-refractivity contribution is -0.136. The van der Waals surface area contributed by atoms with Crippen LogP contribution in [0.25, 0.3) is 0 Å². The molecule has 3 amide bonds. The first-order valence-corrected chi connectivity index (χ1v) is 7.25. The summed E-state index contributed by atoms with van der Waals surface area (Å²) in [6, 6.07) is 3.16. The number of aromatic nitrogens is 1. The molecule has 0 aromatic carbocycles. The maximum atomic E-state index is 12.5. The van der Waals surface area contributed by atoms with Crippen LogP contribution in [0.4, 0.5) is 4.79 Å². The predicted molar refractivity (Wildman–Crippen MR) is 79.6 cm³/mol. The van der Waals surface area contributed by atoms with Gasteiger partial charge in [0.1, 0.15) is 5.15 Å². The van der Waals surface area contributed by atoms with Crippen LogP contribution in [0.5, 0.6) is 0 Å². The van der Waals surface area contributed by atoms with Gasteiger partial charge in [0.05, 0.1) is 5.92 Å². The average Bonchev–Trinajstić information content (AvgIpc) is 2.49. The zero-order chi connectivity index (χ0) is 15.4. The van der Waals surface area contributed by atoms with Crippen molar-refractivity contribution in [2.24, 2.45) is 11.7 Å². The Morgan fingerprint density at radius 2 is 2.33 bits per heavy atom. The highest BCUT2D eigenvalue weighted by Gasteiger charge is 2.29. The summed E-state index contributed by atoms with van der Waals surface area (Å²) in [6.07, 6.45) is 3.17. The van der Waals surface area contributed by atoms with Crippen molar-refractivity contribution in [1.82, 2.24) is 14.8 Å². The van der Waals surface area contributed by atoms with Crippen molar-refractivity contribution in [3.8, 4) is 0 Å². The Hall–Kier alpha value is -1.82. The molecule has 1 aliphatic rings. The number of nitrogens with zero attached hydrogens (tertiary/aromatic N) is 3. The van der Waals surface area contributed by atoms with E-state index in [0.29, 0.717) is 24.8 Å². The summed E-state index contributed by atoms with van der Waals surface area (Å²) in [6.45, 7) is 1.41. The first kappa shape index (κ1) is 15.6. The standard InChI is InChI=1S/C14H19ClN4O2/c1-18(8-10-4-2-6-17-12(10)15)13(20)11-5-3-7-19(9-11)14(16)21/h2,4,6,11H,3,5,7-9H2,1H3,(H2,16,21). The molecule has 0 bridgehead atoms. The number of carbonyl (C=O) groups excluding carboxylic acids is 2.